The minimum absolute atomic E-state index is 0.0649. The Hall–Kier alpha value is -1.73. The van der Waals surface area contributed by atoms with Crippen LogP contribution in [0.25, 0.3) is 0 Å². The second-order valence-corrected chi connectivity index (χ2v) is 5.28. The van der Waals surface area contributed by atoms with E-state index in [4.69, 9.17) is 17.0 Å². The van der Waals surface area contributed by atoms with E-state index in [1.54, 1.807) is 12.1 Å². The summed E-state index contributed by atoms with van der Waals surface area (Å²) in [6.45, 7) is 5.50. The Kier molecular flexibility index (Phi) is 4.51. The molecule has 2 atom stereocenters. The summed E-state index contributed by atoms with van der Waals surface area (Å²) in [6, 6.07) is 6.21. The Morgan fingerprint density at radius 1 is 1.35 bits per heavy atom. The molecule has 1 fully saturated rings. The molecule has 0 saturated carbocycles. The molecule has 108 valence electrons. The molecule has 0 aliphatic carbocycles. The minimum Gasteiger partial charge on any atom is -0.372 e. The van der Waals surface area contributed by atoms with Crippen molar-refractivity contribution in [3.8, 4) is 0 Å². The summed E-state index contributed by atoms with van der Waals surface area (Å²) in [5.74, 6) is 0. The smallest absolute Gasteiger partial charge is 0.269 e. The molecule has 1 saturated heterocycles. The number of thiocarbonyl (C=S) groups is 1. The fraction of sp³-hybridized carbons (Fsp3) is 0.462. The molecule has 0 bridgehead atoms. The van der Waals surface area contributed by atoms with Gasteiger partial charge in [0.15, 0.2) is 5.11 Å². The van der Waals surface area contributed by atoms with Gasteiger partial charge in [-0.15, -0.1) is 0 Å². The van der Waals surface area contributed by atoms with Crippen LogP contribution in [0.4, 0.5) is 11.4 Å². The molecular formula is C13H17N3O3S. The van der Waals surface area contributed by atoms with Crippen LogP contribution in [0.15, 0.2) is 24.3 Å². The lowest BCUT2D eigenvalue weighted by Gasteiger charge is -2.36. The van der Waals surface area contributed by atoms with E-state index >= 15 is 0 Å². The van der Waals surface area contributed by atoms with E-state index in [0.717, 1.165) is 18.8 Å². The van der Waals surface area contributed by atoms with Crippen LogP contribution < -0.4 is 5.32 Å². The zero-order valence-electron chi connectivity index (χ0n) is 11.4. The molecule has 0 unspecified atom stereocenters. The molecular weight excluding hydrogens is 278 g/mol. The van der Waals surface area contributed by atoms with Crippen molar-refractivity contribution in [1.29, 1.82) is 0 Å². The topological polar surface area (TPSA) is 67.6 Å². The number of nitrogens with one attached hydrogen (secondary N) is 1. The Bertz CT molecular complexity index is 496. The third kappa shape index (κ3) is 3.64. The Morgan fingerprint density at radius 3 is 2.40 bits per heavy atom. The standard InChI is InChI=1S/C13H17N3O3S/c1-9-7-15(8-10(2)19-9)13(20)14-11-3-5-12(6-4-11)16(17)18/h3-6,9-10H,7-8H2,1-2H3,(H,14,20)/t9-,10-/m0/s1. The van der Waals surface area contributed by atoms with Crippen LogP contribution in [-0.4, -0.2) is 40.2 Å². The molecule has 20 heavy (non-hydrogen) atoms. The van der Waals surface area contributed by atoms with E-state index in [-0.39, 0.29) is 17.9 Å². The lowest BCUT2D eigenvalue weighted by Crippen LogP contribution is -2.49. The van der Waals surface area contributed by atoms with Gasteiger partial charge in [0.2, 0.25) is 0 Å². The summed E-state index contributed by atoms with van der Waals surface area (Å²) >= 11 is 5.37. The number of ether oxygens (including phenoxy) is 1. The highest BCUT2D eigenvalue weighted by Gasteiger charge is 2.23. The number of rotatable bonds is 2. The van der Waals surface area contributed by atoms with Crippen LogP contribution in [-0.2, 0) is 4.74 Å². The number of non-ortho nitro benzene ring substituents is 1. The minimum atomic E-state index is -0.423. The normalized spacial score (nSPS) is 22.4. The van der Waals surface area contributed by atoms with E-state index in [1.807, 2.05) is 13.8 Å². The molecule has 0 aromatic heterocycles. The predicted octanol–water partition coefficient (Wildman–Crippen LogP) is 2.40. The highest BCUT2D eigenvalue weighted by atomic mass is 32.1. The zero-order chi connectivity index (χ0) is 14.7. The number of anilines is 1. The molecule has 1 aromatic carbocycles. The number of nitro benzene ring substituents is 1. The number of benzene rings is 1. The molecule has 1 aliphatic heterocycles. The van der Waals surface area contributed by atoms with E-state index < -0.39 is 4.92 Å². The highest BCUT2D eigenvalue weighted by molar-refractivity contribution is 7.80. The second kappa shape index (κ2) is 6.15. The molecule has 2 rings (SSSR count). The van der Waals surface area contributed by atoms with Gasteiger partial charge >= 0.3 is 0 Å². The fourth-order valence-corrected chi connectivity index (χ4v) is 2.48. The molecule has 0 amide bonds. The van der Waals surface area contributed by atoms with Crippen molar-refractivity contribution in [2.24, 2.45) is 0 Å². The summed E-state index contributed by atoms with van der Waals surface area (Å²) < 4.78 is 5.65. The summed E-state index contributed by atoms with van der Waals surface area (Å²) in [7, 11) is 0. The average Bonchev–Trinajstić information content (AvgIpc) is 2.38. The predicted molar refractivity (Wildman–Crippen MR) is 80.9 cm³/mol. The van der Waals surface area contributed by atoms with E-state index in [2.05, 4.69) is 10.2 Å². The van der Waals surface area contributed by atoms with Gasteiger partial charge in [-0.3, -0.25) is 10.1 Å². The van der Waals surface area contributed by atoms with E-state index in [0.29, 0.717) is 5.11 Å². The number of nitrogens with zero attached hydrogens (tertiary/aromatic N) is 2. The highest BCUT2D eigenvalue weighted by Crippen LogP contribution is 2.17. The van der Waals surface area contributed by atoms with Crippen molar-refractivity contribution in [2.75, 3.05) is 18.4 Å². The van der Waals surface area contributed by atoms with Gasteiger partial charge in [0.25, 0.3) is 5.69 Å². The molecule has 7 heteroatoms. The van der Waals surface area contributed by atoms with Gasteiger partial charge in [-0.1, -0.05) is 0 Å². The second-order valence-electron chi connectivity index (χ2n) is 4.90. The molecule has 0 radical (unpaired) electrons. The van der Waals surface area contributed by atoms with Crippen LogP contribution in [0.1, 0.15) is 13.8 Å². The van der Waals surface area contributed by atoms with Crippen LogP contribution in [0.2, 0.25) is 0 Å². The maximum Gasteiger partial charge on any atom is 0.269 e. The number of nitro groups is 1. The Labute approximate surface area is 122 Å². The summed E-state index contributed by atoms with van der Waals surface area (Å²) in [5.41, 5.74) is 0.808. The van der Waals surface area contributed by atoms with Crippen molar-refractivity contribution in [1.82, 2.24) is 4.90 Å². The quantitative estimate of drug-likeness (QED) is 0.513. The van der Waals surface area contributed by atoms with Crippen molar-refractivity contribution in [3.63, 3.8) is 0 Å². The lowest BCUT2D eigenvalue weighted by molar-refractivity contribution is -0.384. The molecule has 6 nitrogen and oxygen atoms in total. The van der Waals surface area contributed by atoms with Crippen molar-refractivity contribution in [3.05, 3.63) is 34.4 Å². The molecule has 1 aliphatic rings. The van der Waals surface area contributed by atoms with Gasteiger partial charge in [-0.25, -0.2) is 0 Å². The van der Waals surface area contributed by atoms with Crippen molar-refractivity contribution >= 4 is 28.7 Å². The molecule has 1 heterocycles. The maximum atomic E-state index is 10.6. The first kappa shape index (κ1) is 14.7. The zero-order valence-corrected chi connectivity index (χ0v) is 12.2. The molecule has 1 aromatic rings. The summed E-state index contributed by atoms with van der Waals surface area (Å²) in [6.07, 6.45) is 0.269. The number of morpholine rings is 1. The van der Waals surface area contributed by atoms with Gasteiger partial charge in [-0.2, -0.15) is 0 Å². The number of hydrogen-bond acceptors (Lipinski definition) is 4. The maximum absolute atomic E-state index is 10.6. The monoisotopic (exact) mass is 295 g/mol. The van der Waals surface area contributed by atoms with Gasteiger partial charge in [0, 0.05) is 30.9 Å². The number of hydrogen-bond donors (Lipinski definition) is 1. The van der Waals surface area contributed by atoms with Gasteiger partial charge in [0.1, 0.15) is 0 Å². The first-order valence-corrected chi connectivity index (χ1v) is 6.82. The molecule has 1 N–H and O–H groups in total. The van der Waals surface area contributed by atoms with Crippen LogP contribution >= 0.6 is 12.2 Å². The van der Waals surface area contributed by atoms with Crippen molar-refractivity contribution < 1.29 is 9.66 Å². The van der Waals surface area contributed by atoms with E-state index in [1.165, 1.54) is 12.1 Å². The lowest BCUT2D eigenvalue weighted by atomic mass is 10.2. The van der Waals surface area contributed by atoms with Gasteiger partial charge < -0.3 is 15.0 Å². The Morgan fingerprint density at radius 2 is 1.90 bits per heavy atom. The molecule has 0 spiro atoms. The van der Waals surface area contributed by atoms with Crippen LogP contribution in [0.3, 0.4) is 0 Å². The van der Waals surface area contributed by atoms with E-state index in [9.17, 15) is 10.1 Å². The Balaban J connectivity index is 1.98. The van der Waals surface area contributed by atoms with Crippen LogP contribution in [0.5, 0.6) is 0 Å². The summed E-state index contributed by atoms with van der Waals surface area (Å²) in [5, 5.41) is 14.3. The van der Waals surface area contributed by atoms with Gasteiger partial charge in [-0.05, 0) is 38.2 Å². The largest absolute Gasteiger partial charge is 0.372 e. The average molecular weight is 295 g/mol. The van der Waals surface area contributed by atoms with Crippen molar-refractivity contribution in [2.45, 2.75) is 26.1 Å². The SMILES string of the molecule is C[C@H]1CN(C(=S)Nc2ccc([N+](=O)[O-])cc2)C[C@H](C)O1. The first-order chi connectivity index (χ1) is 9.45. The third-order valence-electron chi connectivity index (χ3n) is 3.04. The third-order valence-corrected chi connectivity index (χ3v) is 3.40. The fourth-order valence-electron chi connectivity index (χ4n) is 2.21. The first-order valence-electron chi connectivity index (χ1n) is 6.41. The van der Waals surface area contributed by atoms with Gasteiger partial charge in [0.05, 0.1) is 17.1 Å². The summed E-state index contributed by atoms with van der Waals surface area (Å²) in [4.78, 5) is 12.2. The van der Waals surface area contributed by atoms with Crippen LogP contribution in [0, 0.1) is 10.1 Å².